The highest BCUT2D eigenvalue weighted by atomic mass is 32.1. The lowest BCUT2D eigenvalue weighted by Crippen LogP contribution is -2.45. The number of carbonyl (C=O) groups excluding carboxylic acids is 2. The molecule has 6 heteroatoms. The van der Waals surface area contributed by atoms with Crippen molar-refractivity contribution in [1.29, 1.82) is 0 Å². The van der Waals surface area contributed by atoms with Crippen LogP contribution in [0.3, 0.4) is 0 Å². The van der Waals surface area contributed by atoms with Crippen LogP contribution in [0.5, 0.6) is 5.75 Å². The van der Waals surface area contributed by atoms with Gasteiger partial charge in [0.05, 0.1) is 17.3 Å². The lowest BCUT2D eigenvalue weighted by Gasteiger charge is -2.31. The summed E-state index contributed by atoms with van der Waals surface area (Å²) in [5.74, 6) is 0.678. The Morgan fingerprint density at radius 3 is 2.80 bits per heavy atom. The van der Waals surface area contributed by atoms with Crippen LogP contribution in [0.15, 0.2) is 47.8 Å². The van der Waals surface area contributed by atoms with Crippen molar-refractivity contribution >= 4 is 23.2 Å². The molecule has 0 unspecified atom stereocenters. The average molecular weight is 358 g/mol. The fraction of sp³-hybridized carbons (Fsp3) is 0.368. The van der Waals surface area contributed by atoms with Gasteiger partial charge in [-0.1, -0.05) is 24.3 Å². The third kappa shape index (κ3) is 4.82. The highest BCUT2D eigenvalue weighted by Gasteiger charge is 2.29. The van der Waals surface area contributed by atoms with Gasteiger partial charge in [-0.2, -0.15) is 0 Å². The maximum absolute atomic E-state index is 12.4. The highest BCUT2D eigenvalue weighted by molar-refractivity contribution is 7.12. The van der Waals surface area contributed by atoms with Crippen molar-refractivity contribution in [3.05, 3.63) is 52.7 Å². The molecular weight excluding hydrogens is 336 g/mol. The smallest absolute Gasteiger partial charge is 0.263 e. The van der Waals surface area contributed by atoms with E-state index in [0.29, 0.717) is 19.7 Å². The molecule has 0 radical (unpaired) electrons. The van der Waals surface area contributed by atoms with Gasteiger partial charge in [-0.05, 0) is 36.4 Å². The number of thiophene rings is 1. The molecule has 0 spiro atoms. The number of hydrogen-bond donors (Lipinski definition) is 1. The normalized spacial score (nSPS) is 17.1. The Morgan fingerprint density at radius 1 is 1.20 bits per heavy atom. The van der Waals surface area contributed by atoms with E-state index < -0.39 is 0 Å². The monoisotopic (exact) mass is 358 g/mol. The summed E-state index contributed by atoms with van der Waals surface area (Å²) in [6.45, 7) is 2.10. The topological polar surface area (TPSA) is 58.6 Å². The SMILES string of the molecule is O=C(NCCOc1ccccc1)[C@H]1CCCN(C(=O)c2cccs2)C1. The number of nitrogens with one attached hydrogen (secondary N) is 1. The van der Waals surface area contributed by atoms with Gasteiger partial charge < -0.3 is 15.0 Å². The van der Waals surface area contributed by atoms with Gasteiger partial charge in [-0.25, -0.2) is 0 Å². The third-order valence-corrected chi connectivity index (χ3v) is 5.08. The summed E-state index contributed by atoms with van der Waals surface area (Å²) >= 11 is 1.44. The number of para-hydroxylation sites is 1. The first kappa shape index (κ1) is 17.5. The van der Waals surface area contributed by atoms with Gasteiger partial charge >= 0.3 is 0 Å². The van der Waals surface area contributed by atoms with Gasteiger partial charge in [0.15, 0.2) is 0 Å². The number of rotatable bonds is 6. The minimum Gasteiger partial charge on any atom is -0.492 e. The van der Waals surface area contributed by atoms with E-state index in [-0.39, 0.29) is 17.7 Å². The first-order valence-corrected chi connectivity index (χ1v) is 9.40. The summed E-state index contributed by atoms with van der Waals surface area (Å²) in [6, 6.07) is 13.2. The summed E-state index contributed by atoms with van der Waals surface area (Å²) in [6.07, 6.45) is 1.68. The standard InChI is InChI=1S/C19H22N2O3S/c22-18(20-10-12-24-16-7-2-1-3-8-16)15-6-4-11-21(14-15)19(23)17-9-5-13-25-17/h1-3,5,7-9,13,15H,4,6,10-12,14H2,(H,20,22)/t15-/m0/s1. The minimum atomic E-state index is -0.144. The van der Waals surface area contributed by atoms with Crippen LogP contribution in [-0.2, 0) is 4.79 Å². The Kier molecular flexibility index (Phi) is 6.06. The molecule has 0 aliphatic carbocycles. The number of amides is 2. The quantitative estimate of drug-likeness (QED) is 0.808. The van der Waals surface area contributed by atoms with Crippen LogP contribution >= 0.6 is 11.3 Å². The Hall–Kier alpha value is -2.34. The van der Waals surface area contributed by atoms with E-state index in [4.69, 9.17) is 4.74 Å². The number of benzene rings is 1. The molecule has 1 aliphatic rings. The van der Waals surface area contributed by atoms with Crippen LogP contribution < -0.4 is 10.1 Å². The summed E-state index contributed by atoms with van der Waals surface area (Å²) in [5, 5.41) is 4.81. The van der Waals surface area contributed by atoms with Gasteiger partial charge in [0.25, 0.3) is 5.91 Å². The van der Waals surface area contributed by atoms with E-state index >= 15 is 0 Å². The van der Waals surface area contributed by atoms with Crippen molar-refractivity contribution in [1.82, 2.24) is 10.2 Å². The summed E-state index contributed by atoms with van der Waals surface area (Å²) < 4.78 is 5.57. The van der Waals surface area contributed by atoms with Gasteiger partial charge in [0.1, 0.15) is 12.4 Å². The predicted octanol–water partition coefficient (Wildman–Crippen LogP) is 2.80. The van der Waals surface area contributed by atoms with Crippen LogP contribution in [-0.4, -0.2) is 43.0 Å². The molecule has 1 N–H and O–H groups in total. The van der Waals surface area contributed by atoms with Crippen molar-refractivity contribution in [2.24, 2.45) is 5.92 Å². The molecule has 0 bridgehead atoms. The highest BCUT2D eigenvalue weighted by Crippen LogP contribution is 2.20. The maximum atomic E-state index is 12.4. The molecule has 2 heterocycles. The fourth-order valence-electron chi connectivity index (χ4n) is 2.94. The largest absolute Gasteiger partial charge is 0.492 e. The molecule has 1 atom stereocenters. The predicted molar refractivity (Wildman–Crippen MR) is 97.9 cm³/mol. The van der Waals surface area contributed by atoms with E-state index in [1.54, 1.807) is 4.90 Å². The van der Waals surface area contributed by atoms with E-state index in [1.807, 2.05) is 47.8 Å². The number of nitrogens with zero attached hydrogens (tertiary/aromatic N) is 1. The van der Waals surface area contributed by atoms with Gasteiger partial charge in [-0.3, -0.25) is 9.59 Å². The lowest BCUT2D eigenvalue weighted by atomic mass is 9.97. The van der Waals surface area contributed by atoms with Gasteiger partial charge in [-0.15, -0.1) is 11.3 Å². The molecule has 132 valence electrons. The zero-order valence-electron chi connectivity index (χ0n) is 14.0. The fourth-order valence-corrected chi connectivity index (χ4v) is 3.63. The lowest BCUT2D eigenvalue weighted by molar-refractivity contribution is -0.126. The second kappa shape index (κ2) is 8.67. The number of likely N-dealkylation sites (tertiary alicyclic amines) is 1. The Balaban J connectivity index is 1.43. The van der Waals surface area contributed by atoms with E-state index in [9.17, 15) is 9.59 Å². The molecule has 25 heavy (non-hydrogen) atoms. The number of hydrogen-bond acceptors (Lipinski definition) is 4. The van der Waals surface area contributed by atoms with Crippen molar-refractivity contribution in [2.45, 2.75) is 12.8 Å². The van der Waals surface area contributed by atoms with Crippen LogP contribution in [0.2, 0.25) is 0 Å². The maximum Gasteiger partial charge on any atom is 0.263 e. The Bertz CT molecular complexity index is 688. The van der Waals surface area contributed by atoms with E-state index in [2.05, 4.69) is 5.32 Å². The molecule has 1 saturated heterocycles. The molecule has 1 aromatic carbocycles. The van der Waals surface area contributed by atoms with Crippen LogP contribution in [0.4, 0.5) is 0 Å². The van der Waals surface area contributed by atoms with Crippen molar-refractivity contribution in [3.8, 4) is 5.75 Å². The second-order valence-electron chi connectivity index (χ2n) is 6.02. The summed E-state index contributed by atoms with van der Waals surface area (Å²) in [5.41, 5.74) is 0. The van der Waals surface area contributed by atoms with Crippen LogP contribution in [0, 0.1) is 5.92 Å². The van der Waals surface area contributed by atoms with E-state index in [0.717, 1.165) is 30.0 Å². The summed E-state index contributed by atoms with van der Waals surface area (Å²) in [7, 11) is 0. The molecule has 2 aromatic rings. The van der Waals surface area contributed by atoms with Crippen molar-refractivity contribution in [3.63, 3.8) is 0 Å². The van der Waals surface area contributed by atoms with Gasteiger partial charge in [0, 0.05) is 13.1 Å². The molecule has 1 aliphatic heterocycles. The van der Waals surface area contributed by atoms with Crippen LogP contribution in [0.25, 0.3) is 0 Å². The third-order valence-electron chi connectivity index (χ3n) is 4.22. The zero-order chi connectivity index (χ0) is 17.5. The molecule has 1 fully saturated rings. The Morgan fingerprint density at radius 2 is 2.04 bits per heavy atom. The molecule has 0 saturated carbocycles. The molecule has 5 nitrogen and oxygen atoms in total. The number of carbonyl (C=O) groups is 2. The first-order valence-electron chi connectivity index (χ1n) is 8.52. The Labute approximate surface area is 151 Å². The van der Waals surface area contributed by atoms with E-state index in [1.165, 1.54) is 11.3 Å². The van der Waals surface area contributed by atoms with Crippen molar-refractivity contribution in [2.75, 3.05) is 26.2 Å². The minimum absolute atomic E-state index is 0.000316. The molecular formula is C19H22N2O3S. The number of piperidine rings is 1. The van der Waals surface area contributed by atoms with Crippen molar-refractivity contribution < 1.29 is 14.3 Å². The zero-order valence-corrected chi connectivity index (χ0v) is 14.8. The first-order chi connectivity index (χ1) is 12.2. The molecule has 3 rings (SSSR count). The summed E-state index contributed by atoms with van der Waals surface area (Å²) in [4.78, 5) is 27.3. The molecule has 1 aromatic heterocycles. The van der Waals surface area contributed by atoms with Crippen LogP contribution in [0.1, 0.15) is 22.5 Å². The number of ether oxygens (including phenoxy) is 1. The van der Waals surface area contributed by atoms with Gasteiger partial charge in [0.2, 0.25) is 5.91 Å². The molecule has 2 amide bonds. The second-order valence-corrected chi connectivity index (χ2v) is 6.97. The average Bonchev–Trinajstić information content (AvgIpc) is 3.20.